The third-order valence-corrected chi connectivity index (χ3v) is 3.54. The summed E-state index contributed by atoms with van der Waals surface area (Å²) in [6.07, 6.45) is 0.589. The zero-order valence-corrected chi connectivity index (χ0v) is 11.7. The fourth-order valence-corrected chi connectivity index (χ4v) is 2.12. The minimum Gasteiger partial charge on any atom is -0.468 e. The van der Waals surface area contributed by atoms with Crippen LogP contribution in [0.5, 0.6) is 0 Å². The van der Waals surface area contributed by atoms with Gasteiger partial charge >= 0.3 is 17.9 Å². The molecule has 1 aliphatic rings. The first-order valence-corrected chi connectivity index (χ1v) is 6.17. The Morgan fingerprint density at radius 1 is 1.32 bits per heavy atom. The summed E-state index contributed by atoms with van der Waals surface area (Å²) in [5.74, 6) is -2.73. The highest BCUT2D eigenvalue weighted by molar-refractivity contribution is 5.94. The summed E-state index contributed by atoms with van der Waals surface area (Å²) in [6.45, 7) is 3.88. The molecule has 0 amide bonds. The van der Waals surface area contributed by atoms with Crippen molar-refractivity contribution in [1.29, 1.82) is 0 Å². The summed E-state index contributed by atoms with van der Waals surface area (Å²) in [6, 6.07) is 0. The van der Waals surface area contributed by atoms with Crippen LogP contribution in [-0.2, 0) is 28.6 Å². The van der Waals surface area contributed by atoms with Crippen LogP contribution in [0, 0.1) is 11.3 Å². The molecule has 0 radical (unpaired) electrons. The van der Waals surface area contributed by atoms with Gasteiger partial charge < -0.3 is 14.2 Å². The number of rotatable bonds is 4. The lowest BCUT2D eigenvalue weighted by Crippen LogP contribution is -2.43. The van der Waals surface area contributed by atoms with Gasteiger partial charge in [-0.05, 0) is 6.42 Å². The molecule has 0 aromatic carbocycles. The molecule has 108 valence electrons. The van der Waals surface area contributed by atoms with Crippen LogP contribution < -0.4 is 0 Å². The number of cyclic esters (lactones) is 1. The fraction of sp³-hybridized carbons (Fsp3) is 0.769. The minimum atomic E-state index is -1.06. The van der Waals surface area contributed by atoms with Gasteiger partial charge in [0.25, 0.3) is 0 Å². The quantitative estimate of drug-likeness (QED) is 0.433. The molecule has 1 rings (SSSR count). The summed E-state index contributed by atoms with van der Waals surface area (Å²) in [5, 5.41) is 0. The van der Waals surface area contributed by atoms with Crippen molar-refractivity contribution in [3.05, 3.63) is 0 Å². The molecule has 0 spiro atoms. The smallest absolute Gasteiger partial charge is 0.320 e. The van der Waals surface area contributed by atoms with E-state index >= 15 is 0 Å². The Balaban J connectivity index is 2.84. The van der Waals surface area contributed by atoms with Gasteiger partial charge in [-0.15, -0.1) is 0 Å². The van der Waals surface area contributed by atoms with Crippen LogP contribution in [0.1, 0.15) is 33.1 Å². The molecule has 0 N–H and O–H groups in total. The van der Waals surface area contributed by atoms with Gasteiger partial charge in [-0.25, -0.2) is 0 Å². The zero-order chi connectivity index (χ0) is 14.6. The first kappa shape index (κ1) is 15.5. The van der Waals surface area contributed by atoms with Crippen molar-refractivity contribution in [3.63, 3.8) is 0 Å². The van der Waals surface area contributed by atoms with Gasteiger partial charge in [-0.2, -0.15) is 0 Å². The number of esters is 3. The van der Waals surface area contributed by atoms with E-state index in [-0.39, 0.29) is 17.8 Å². The molecule has 19 heavy (non-hydrogen) atoms. The lowest BCUT2D eigenvalue weighted by atomic mass is 9.76. The molecule has 6 heteroatoms. The van der Waals surface area contributed by atoms with Crippen LogP contribution in [0.25, 0.3) is 0 Å². The molecule has 1 atom stereocenters. The monoisotopic (exact) mass is 272 g/mol. The van der Waals surface area contributed by atoms with Gasteiger partial charge in [0.15, 0.2) is 5.92 Å². The van der Waals surface area contributed by atoms with E-state index in [1.807, 2.05) is 13.8 Å². The first-order valence-electron chi connectivity index (χ1n) is 6.17. The minimum absolute atomic E-state index is 0.0814. The van der Waals surface area contributed by atoms with Gasteiger partial charge in [-0.1, -0.05) is 13.8 Å². The summed E-state index contributed by atoms with van der Waals surface area (Å²) < 4.78 is 14.5. The summed E-state index contributed by atoms with van der Waals surface area (Å²) in [5.41, 5.74) is -0.284. The predicted molar refractivity (Wildman–Crippen MR) is 65.0 cm³/mol. The normalized spacial score (nSPS) is 21.7. The number of ether oxygens (including phenoxy) is 3. The Morgan fingerprint density at radius 2 is 1.84 bits per heavy atom. The van der Waals surface area contributed by atoms with E-state index in [9.17, 15) is 14.4 Å². The van der Waals surface area contributed by atoms with E-state index < -0.39 is 24.0 Å². The van der Waals surface area contributed by atoms with Gasteiger partial charge in [0.2, 0.25) is 0 Å². The van der Waals surface area contributed by atoms with Gasteiger partial charge in [0, 0.05) is 18.3 Å². The van der Waals surface area contributed by atoms with Crippen LogP contribution in [0.3, 0.4) is 0 Å². The van der Waals surface area contributed by atoms with Crippen molar-refractivity contribution < 1.29 is 28.6 Å². The predicted octanol–water partition coefficient (Wildman–Crippen LogP) is 1.07. The molecule has 0 aliphatic carbocycles. The third kappa shape index (κ3) is 3.68. The maximum Gasteiger partial charge on any atom is 0.320 e. The van der Waals surface area contributed by atoms with E-state index in [1.165, 1.54) is 14.2 Å². The molecule has 1 heterocycles. The van der Waals surface area contributed by atoms with Crippen molar-refractivity contribution in [2.24, 2.45) is 11.3 Å². The Kier molecular flexibility index (Phi) is 4.91. The lowest BCUT2D eigenvalue weighted by Gasteiger charge is -2.38. The summed E-state index contributed by atoms with van der Waals surface area (Å²) in [4.78, 5) is 34.6. The molecule has 0 aromatic rings. The number of carbonyl (C=O) groups is 3. The lowest BCUT2D eigenvalue weighted by molar-refractivity contribution is -0.173. The molecule has 1 unspecified atom stereocenters. The molecular weight excluding hydrogens is 252 g/mol. The van der Waals surface area contributed by atoms with E-state index in [2.05, 4.69) is 9.47 Å². The number of hydrogen-bond donors (Lipinski definition) is 0. The highest BCUT2D eigenvalue weighted by Crippen LogP contribution is 2.37. The Hall–Kier alpha value is -1.59. The standard InChI is InChI=1S/C13H20O6/c1-13(2)6-5-10(14)19-9(13)7-8(11(15)17-3)12(16)18-4/h8-9H,5-7H2,1-4H3. The maximum atomic E-state index is 11.6. The van der Waals surface area contributed by atoms with Gasteiger partial charge in [-0.3, -0.25) is 14.4 Å². The fourth-order valence-electron chi connectivity index (χ4n) is 2.12. The second kappa shape index (κ2) is 6.04. The molecule has 6 nitrogen and oxygen atoms in total. The number of methoxy groups -OCH3 is 2. The van der Waals surface area contributed by atoms with Crippen molar-refractivity contribution in [2.45, 2.75) is 39.2 Å². The topological polar surface area (TPSA) is 78.9 Å². The average Bonchev–Trinajstić information content (AvgIpc) is 2.38. The maximum absolute atomic E-state index is 11.6. The van der Waals surface area contributed by atoms with Crippen LogP contribution >= 0.6 is 0 Å². The molecule has 1 fully saturated rings. The van der Waals surface area contributed by atoms with Crippen molar-refractivity contribution in [2.75, 3.05) is 14.2 Å². The largest absolute Gasteiger partial charge is 0.468 e. The Bertz CT molecular complexity index is 357. The van der Waals surface area contributed by atoms with Crippen LogP contribution in [-0.4, -0.2) is 38.2 Å². The highest BCUT2D eigenvalue weighted by Gasteiger charge is 2.42. The Labute approximate surface area is 112 Å². The molecule has 1 aliphatic heterocycles. The summed E-state index contributed by atoms with van der Waals surface area (Å²) >= 11 is 0. The van der Waals surface area contributed by atoms with E-state index in [4.69, 9.17) is 4.74 Å². The average molecular weight is 272 g/mol. The van der Waals surface area contributed by atoms with Crippen molar-refractivity contribution in [3.8, 4) is 0 Å². The van der Waals surface area contributed by atoms with Crippen LogP contribution in [0.4, 0.5) is 0 Å². The third-order valence-electron chi connectivity index (χ3n) is 3.54. The second-order valence-electron chi connectivity index (χ2n) is 5.30. The second-order valence-corrected chi connectivity index (χ2v) is 5.30. The van der Waals surface area contributed by atoms with Crippen LogP contribution in [0.2, 0.25) is 0 Å². The van der Waals surface area contributed by atoms with Gasteiger partial charge in [0.05, 0.1) is 14.2 Å². The van der Waals surface area contributed by atoms with Crippen LogP contribution in [0.15, 0.2) is 0 Å². The zero-order valence-electron chi connectivity index (χ0n) is 11.7. The number of hydrogen-bond acceptors (Lipinski definition) is 6. The van der Waals surface area contributed by atoms with Gasteiger partial charge in [0.1, 0.15) is 6.10 Å². The van der Waals surface area contributed by atoms with E-state index in [0.29, 0.717) is 12.8 Å². The summed E-state index contributed by atoms with van der Waals surface area (Å²) in [7, 11) is 2.41. The van der Waals surface area contributed by atoms with E-state index in [1.54, 1.807) is 0 Å². The number of carbonyl (C=O) groups excluding carboxylic acids is 3. The van der Waals surface area contributed by atoms with Crippen molar-refractivity contribution >= 4 is 17.9 Å². The first-order chi connectivity index (χ1) is 8.81. The van der Waals surface area contributed by atoms with Crippen molar-refractivity contribution in [1.82, 2.24) is 0 Å². The molecule has 1 saturated heterocycles. The Morgan fingerprint density at radius 3 is 2.32 bits per heavy atom. The SMILES string of the molecule is COC(=O)C(CC1OC(=O)CCC1(C)C)C(=O)OC. The molecule has 0 bridgehead atoms. The highest BCUT2D eigenvalue weighted by atomic mass is 16.6. The molecule has 0 aromatic heterocycles. The van der Waals surface area contributed by atoms with E-state index in [0.717, 1.165) is 0 Å². The molecule has 0 saturated carbocycles. The molecular formula is C13H20O6.